The van der Waals surface area contributed by atoms with Gasteiger partial charge in [0.2, 0.25) is 0 Å². The zero-order chi connectivity index (χ0) is 13.7. The Labute approximate surface area is 117 Å². The van der Waals surface area contributed by atoms with Crippen molar-refractivity contribution in [2.45, 2.75) is 13.3 Å². The number of para-hydroxylation sites is 1. The van der Waals surface area contributed by atoms with Gasteiger partial charge in [0.1, 0.15) is 5.52 Å². The number of halogens is 1. The highest BCUT2D eigenvalue weighted by atomic mass is 35.5. The van der Waals surface area contributed by atoms with Crippen molar-refractivity contribution >= 4 is 28.5 Å². The smallest absolute Gasteiger partial charge is 0.253 e. The maximum atomic E-state index is 12.2. The Balaban J connectivity index is 2.13. The standard InChI is InChI=1S/C14H16ClN3O/c1-10(5-6-15)9-18-14(19)11-3-2-4-12-13(11)17-8-7-16-12/h2-4,7-8,10H,5-6,9H2,1H3,(H,18,19). The fraction of sp³-hybridized carbons (Fsp3) is 0.357. The summed E-state index contributed by atoms with van der Waals surface area (Å²) in [6, 6.07) is 5.42. The average Bonchev–Trinajstić information content (AvgIpc) is 2.44. The molecule has 0 aliphatic rings. The number of aromatic nitrogens is 2. The summed E-state index contributed by atoms with van der Waals surface area (Å²) < 4.78 is 0. The third-order valence-corrected chi connectivity index (χ3v) is 3.17. The molecule has 5 heteroatoms. The quantitative estimate of drug-likeness (QED) is 0.855. The van der Waals surface area contributed by atoms with Gasteiger partial charge in [-0.2, -0.15) is 0 Å². The van der Waals surface area contributed by atoms with E-state index in [1.165, 1.54) is 0 Å². The second-order valence-corrected chi connectivity index (χ2v) is 4.90. The first-order valence-corrected chi connectivity index (χ1v) is 6.79. The first kappa shape index (κ1) is 13.7. The Kier molecular flexibility index (Phi) is 4.68. The molecular weight excluding hydrogens is 262 g/mol. The molecule has 100 valence electrons. The largest absolute Gasteiger partial charge is 0.352 e. The van der Waals surface area contributed by atoms with Crippen LogP contribution in [-0.4, -0.2) is 28.3 Å². The van der Waals surface area contributed by atoms with Gasteiger partial charge in [-0.25, -0.2) is 0 Å². The molecule has 4 nitrogen and oxygen atoms in total. The summed E-state index contributed by atoms with van der Waals surface area (Å²) in [5, 5.41) is 2.91. The minimum absolute atomic E-state index is 0.118. The van der Waals surface area contributed by atoms with E-state index in [1.807, 2.05) is 12.1 Å². The van der Waals surface area contributed by atoms with E-state index in [1.54, 1.807) is 18.5 Å². The summed E-state index contributed by atoms with van der Waals surface area (Å²) in [6.45, 7) is 2.67. The number of carbonyl (C=O) groups is 1. The van der Waals surface area contributed by atoms with Crippen LogP contribution in [-0.2, 0) is 0 Å². The lowest BCUT2D eigenvalue weighted by molar-refractivity contribution is 0.0949. The number of hydrogen-bond acceptors (Lipinski definition) is 3. The van der Waals surface area contributed by atoms with Crippen LogP contribution in [0, 0.1) is 5.92 Å². The van der Waals surface area contributed by atoms with Crippen LogP contribution in [0.4, 0.5) is 0 Å². The molecule has 0 saturated heterocycles. The van der Waals surface area contributed by atoms with E-state index in [4.69, 9.17) is 11.6 Å². The minimum atomic E-state index is -0.118. The average molecular weight is 278 g/mol. The van der Waals surface area contributed by atoms with Crippen LogP contribution in [0.15, 0.2) is 30.6 Å². The number of nitrogens with zero attached hydrogens (tertiary/aromatic N) is 2. The van der Waals surface area contributed by atoms with Gasteiger partial charge in [0.25, 0.3) is 5.91 Å². The molecule has 0 spiro atoms. The van der Waals surface area contributed by atoms with Gasteiger partial charge in [-0.1, -0.05) is 13.0 Å². The van der Waals surface area contributed by atoms with Gasteiger partial charge in [-0.05, 0) is 24.5 Å². The van der Waals surface area contributed by atoms with E-state index in [-0.39, 0.29) is 5.91 Å². The first-order valence-electron chi connectivity index (χ1n) is 6.26. The number of amides is 1. The van der Waals surface area contributed by atoms with Crippen LogP contribution >= 0.6 is 11.6 Å². The highest BCUT2D eigenvalue weighted by Gasteiger charge is 2.12. The van der Waals surface area contributed by atoms with Gasteiger partial charge >= 0.3 is 0 Å². The number of carbonyl (C=O) groups excluding carboxylic acids is 1. The van der Waals surface area contributed by atoms with Crippen LogP contribution in [0.1, 0.15) is 23.7 Å². The van der Waals surface area contributed by atoms with Crippen molar-refractivity contribution in [2.75, 3.05) is 12.4 Å². The van der Waals surface area contributed by atoms with Crippen LogP contribution in [0.3, 0.4) is 0 Å². The van der Waals surface area contributed by atoms with Gasteiger partial charge in [0.15, 0.2) is 0 Å². The van der Waals surface area contributed by atoms with Crippen LogP contribution in [0.5, 0.6) is 0 Å². The Morgan fingerprint density at radius 3 is 2.95 bits per heavy atom. The van der Waals surface area contributed by atoms with E-state index in [0.717, 1.165) is 11.9 Å². The third-order valence-electron chi connectivity index (χ3n) is 2.96. The predicted octanol–water partition coefficient (Wildman–Crippen LogP) is 2.62. The lowest BCUT2D eigenvalue weighted by Gasteiger charge is -2.11. The molecule has 0 saturated carbocycles. The highest BCUT2D eigenvalue weighted by Crippen LogP contribution is 2.13. The Bertz CT molecular complexity index is 568. The number of alkyl halides is 1. The normalized spacial score (nSPS) is 12.3. The van der Waals surface area contributed by atoms with Crippen molar-refractivity contribution in [1.82, 2.24) is 15.3 Å². The van der Waals surface area contributed by atoms with E-state index in [0.29, 0.717) is 29.4 Å². The molecule has 1 heterocycles. The molecule has 1 aromatic heterocycles. The van der Waals surface area contributed by atoms with Crippen LogP contribution in [0.25, 0.3) is 11.0 Å². The molecule has 2 rings (SSSR count). The van der Waals surface area contributed by atoms with Gasteiger partial charge in [-0.3, -0.25) is 14.8 Å². The molecule has 2 aromatic rings. The van der Waals surface area contributed by atoms with Crippen molar-refractivity contribution in [3.8, 4) is 0 Å². The lowest BCUT2D eigenvalue weighted by Crippen LogP contribution is -2.28. The van der Waals surface area contributed by atoms with Gasteiger partial charge in [-0.15, -0.1) is 11.6 Å². The third kappa shape index (κ3) is 3.41. The summed E-state index contributed by atoms with van der Waals surface area (Å²) in [5.41, 5.74) is 1.92. The molecule has 1 atom stereocenters. The highest BCUT2D eigenvalue weighted by molar-refractivity contribution is 6.17. The minimum Gasteiger partial charge on any atom is -0.352 e. The summed E-state index contributed by atoms with van der Waals surface area (Å²) >= 11 is 5.68. The van der Waals surface area contributed by atoms with Crippen LogP contribution in [0.2, 0.25) is 0 Å². The molecule has 0 bridgehead atoms. The molecule has 1 aromatic carbocycles. The topological polar surface area (TPSA) is 54.9 Å². The van der Waals surface area contributed by atoms with Crippen molar-refractivity contribution < 1.29 is 4.79 Å². The number of rotatable bonds is 5. The Morgan fingerprint density at radius 1 is 1.37 bits per heavy atom. The maximum absolute atomic E-state index is 12.2. The van der Waals surface area contributed by atoms with E-state index >= 15 is 0 Å². The number of fused-ring (bicyclic) bond motifs is 1. The Hall–Kier alpha value is -1.68. The number of benzene rings is 1. The number of nitrogens with one attached hydrogen (secondary N) is 1. The van der Waals surface area contributed by atoms with Gasteiger partial charge in [0, 0.05) is 24.8 Å². The Morgan fingerprint density at radius 2 is 2.16 bits per heavy atom. The van der Waals surface area contributed by atoms with E-state index < -0.39 is 0 Å². The molecule has 1 amide bonds. The van der Waals surface area contributed by atoms with Crippen molar-refractivity contribution in [3.63, 3.8) is 0 Å². The van der Waals surface area contributed by atoms with E-state index in [9.17, 15) is 4.79 Å². The fourth-order valence-electron chi connectivity index (χ4n) is 1.83. The predicted molar refractivity (Wildman–Crippen MR) is 76.4 cm³/mol. The molecule has 0 aliphatic carbocycles. The van der Waals surface area contributed by atoms with Crippen LogP contribution < -0.4 is 5.32 Å². The van der Waals surface area contributed by atoms with E-state index in [2.05, 4.69) is 22.2 Å². The van der Waals surface area contributed by atoms with Crippen molar-refractivity contribution in [2.24, 2.45) is 5.92 Å². The molecule has 0 aliphatic heterocycles. The SMILES string of the molecule is CC(CCCl)CNC(=O)c1cccc2nccnc12. The van der Waals surface area contributed by atoms with Crippen molar-refractivity contribution in [1.29, 1.82) is 0 Å². The lowest BCUT2D eigenvalue weighted by atomic mass is 10.1. The molecular formula is C14H16ClN3O. The number of hydrogen-bond donors (Lipinski definition) is 1. The fourth-order valence-corrected chi connectivity index (χ4v) is 2.20. The first-order chi connectivity index (χ1) is 9.22. The zero-order valence-corrected chi connectivity index (χ0v) is 11.5. The molecule has 19 heavy (non-hydrogen) atoms. The maximum Gasteiger partial charge on any atom is 0.253 e. The van der Waals surface area contributed by atoms with Crippen molar-refractivity contribution in [3.05, 3.63) is 36.2 Å². The summed E-state index contributed by atoms with van der Waals surface area (Å²) in [5.74, 6) is 0.853. The summed E-state index contributed by atoms with van der Waals surface area (Å²) in [7, 11) is 0. The second-order valence-electron chi connectivity index (χ2n) is 4.52. The molecule has 1 unspecified atom stereocenters. The summed E-state index contributed by atoms with van der Waals surface area (Å²) in [6.07, 6.45) is 4.10. The second kappa shape index (κ2) is 6.48. The summed E-state index contributed by atoms with van der Waals surface area (Å²) in [4.78, 5) is 20.6. The monoisotopic (exact) mass is 277 g/mol. The van der Waals surface area contributed by atoms with Gasteiger partial charge < -0.3 is 5.32 Å². The molecule has 0 fully saturated rings. The zero-order valence-electron chi connectivity index (χ0n) is 10.8. The molecule has 0 radical (unpaired) electrons. The molecule has 1 N–H and O–H groups in total. The van der Waals surface area contributed by atoms with Gasteiger partial charge in [0.05, 0.1) is 11.1 Å².